The number of hydrogen-bond donors (Lipinski definition) is 1. The van der Waals surface area contributed by atoms with Crippen LogP contribution in [0.3, 0.4) is 0 Å². The number of allylic oxidation sites excluding steroid dienone is 1. The molecule has 2 aliphatic rings. The highest BCUT2D eigenvalue weighted by Crippen LogP contribution is 2.52. The maximum Gasteiger partial charge on any atom is 0.177 e. The van der Waals surface area contributed by atoms with Gasteiger partial charge in [-0.25, -0.2) is 0 Å². The third kappa shape index (κ3) is 2.04. The molecule has 3 heteroatoms. The summed E-state index contributed by atoms with van der Waals surface area (Å²) in [4.78, 5) is 0. The van der Waals surface area contributed by atoms with E-state index in [0.29, 0.717) is 19.6 Å². The molecule has 2 atom stereocenters. The molecule has 1 spiro atoms. The third-order valence-corrected chi connectivity index (χ3v) is 4.44. The lowest BCUT2D eigenvalue weighted by Gasteiger charge is -2.47. The smallest absolute Gasteiger partial charge is 0.177 e. The largest absolute Gasteiger partial charge is 0.388 e. The highest BCUT2D eigenvalue weighted by atomic mass is 16.7. The fourth-order valence-electron chi connectivity index (χ4n) is 3.54. The number of aliphatic hydroxyl groups excluding tert-OH is 1. The molecule has 3 nitrogen and oxygen atoms in total. The van der Waals surface area contributed by atoms with Crippen molar-refractivity contribution in [1.82, 2.24) is 0 Å². The summed E-state index contributed by atoms with van der Waals surface area (Å²) < 4.78 is 12.0. The zero-order valence-electron chi connectivity index (χ0n) is 11.1. The van der Waals surface area contributed by atoms with Crippen LogP contribution >= 0.6 is 0 Å². The summed E-state index contributed by atoms with van der Waals surface area (Å²) in [6, 6.07) is 0. The second-order valence-electron chi connectivity index (χ2n) is 5.34. The van der Waals surface area contributed by atoms with Gasteiger partial charge in [0.25, 0.3) is 0 Å². The van der Waals surface area contributed by atoms with Crippen molar-refractivity contribution in [3.8, 4) is 0 Å². The SMILES string of the molecule is C=CC[C@]1([C@@H](O)C=C)CCCCCC12OCCO2. The van der Waals surface area contributed by atoms with Crippen LogP contribution < -0.4 is 0 Å². The van der Waals surface area contributed by atoms with Crippen LogP contribution in [0, 0.1) is 5.41 Å². The van der Waals surface area contributed by atoms with Gasteiger partial charge in [-0.1, -0.05) is 25.0 Å². The van der Waals surface area contributed by atoms with Crippen LogP contribution in [0.15, 0.2) is 25.3 Å². The molecular weight excluding hydrogens is 228 g/mol. The van der Waals surface area contributed by atoms with Gasteiger partial charge in [-0.3, -0.25) is 0 Å². The predicted molar refractivity (Wildman–Crippen MR) is 71.2 cm³/mol. The Balaban J connectivity index is 2.41. The second-order valence-corrected chi connectivity index (χ2v) is 5.34. The van der Waals surface area contributed by atoms with E-state index in [2.05, 4.69) is 13.2 Å². The molecular formula is C15H24O3. The number of ether oxygens (including phenoxy) is 2. The molecule has 0 unspecified atom stereocenters. The molecule has 1 N–H and O–H groups in total. The van der Waals surface area contributed by atoms with Gasteiger partial charge >= 0.3 is 0 Å². The molecule has 1 aliphatic heterocycles. The molecule has 18 heavy (non-hydrogen) atoms. The molecule has 0 aromatic carbocycles. The minimum absolute atomic E-state index is 0.427. The summed E-state index contributed by atoms with van der Waals surface area (Å²) in [5.74, 6) is -0.648. The average Bonchev–Trinajstić information content (AvgIpc) is 2.78. The first-order chi connectivity index (χ1) is 8.71. The molecule has 1 aliphatic carbocycles. The van der Waals surface area contributed by atoms with Gasteiger partial charge in [-0.05, 0) is 19.3 Å². The third-order valence-electron chi connectivity index (χ3n) is 4.44. The van der Waals surface area contributed by atoms with E-state index in [-0.39, 0.29) is 0 Å². The molecule has 1 heterocycles. The minimum atomic E-state index is -0.648. The van der Waals surface area contributed by atoms with Crippen molar-refractivity contribution in [2.45, 2.75) is 50.4 Å². The Morgan fingerprint density at radius 2 is 1.78 bits per heavy atom. The molecule has 0 aromatic rings. The zero-order valence-corrected chi connectivity index (χ0v) is 11.1. The second kappa shape index (κ2) is 5.55. The highest BCUT2D eigenvalue weighted by molar-refractivity contribution is 5.09. The van der Waals surface area contributed by atoms with Crippen LogP contribution in [-0.2, 0) is 9.47 Å². The van der Waals surface area contributed by atoms with E-state index in [4.69, 9.17) is 9.47 Å². The van der Waals surface area contributed by atoms with Gasteiger partial charge in [0.15, 0.2) is 5.79 Å². The van der Waals surface area contributed by atoms with Crippen molar-refractivity contribution in [3.63, 3.8) is 0 Å². The number of rotatable bonds is 4. The van der Waals surface area contributed by atoms with Crippen molar-refractivity contribution in [2.24, 2.45) is 5.41 Å². The van der Waals surface area contributed by atoms with Crippen LogP contribution in [0.2, 0.25) is 0 Å². The Morgan fingerprint density at radius 3 is 2.39 bits per heavy atom. The first kappa shape index (κ1) is 13.8. The molecule has 0 bridgehead atoms. The molecule has 1 saturated carbocycles. The maximum absolute atomic E-state index is 10.5. The number of aliphatic hydroxyl groups is 1. The van der Waals surface area contributed by atoms with Gasteiger partial charge in [0.2, 0.25) is 0 Å². The molecule has 2 rings (SSSR count). The van der Waals surface area contributed by atoms with Gasteiger partial charge in [0.1, 0.15) is 0 Å². The summed E-state index contributed by atoms with van der Waals surface area (Å²) in [7, 11) is 0. The van der Waals surface area contributed by atoms with Gasteiger partial charge in [-0.2, -0.15) is 0 Å². The van der Waals surface area contributed by atoms with Crippen molar-refractivity contribution >= 4 is 0 Å². The van der Waals surface area contributed by atoms with Crippen molar-refractivity contribution in [3.05, 3.63) is 25.3 Å². The van der Waals surface area contributed by atoms with E-state index in [9.17, 15) is 5.11 Å². The predicted octanol–water partition coefficient (Wildman–Crippen LogP) is 2.80. The van der Waals surface area contributed by atoms with Gasteiger partial charge < -0.3 is 14.6 Å². The number of hydrogen-bond acceptors (Lipinski definition) is 3. The molecule has 1 saturated heterocycles. The van der Waals surface area contributed by atoms with E-state index in [1.807, 2.05) is 6.08 Å². The molecule has 0 radical (unpaired) electrons. The normalized spacial score (nSPS) is 32.9. The van der Waals surface area contributed by atoms with Crippen molar-refractivity contribution in [1.29, 1.82) is 0 Å². The topological polar surface area (TPSA) is 38.7 Å². The fraction of sp³-hybridized carbons (Fsp3) is 0.733. The summed E-state index contributed by atoms with van der Waals surface area (Å²) in [6.07, 6.45) is 8.64. The first-order valence-corrected chi connectivity index (χ1v) is 6.90. The molecule has 0 amide bonds. The lowest BCUT2D eigenvalue weighted by atomic mass is 9.68. The quantitative estimate of drug-likeness (QED) is 0.782. The van der Waals surface area contributed by atoms with Crippen LogP contribution in [0.4, 0.5) is 0 Å². The summed E-state index contributed by atoms with van der Waals surface area (Å²) >= 11 is 0. The Hall–Kier alpha value is -0.640. The maximum atomic E-state index is 10.5. The van der Waals surface area contributed by atoms with Gasteiger partial charge in [-0.15, -0.1) is 13.2 Å². The average molecular weight is 252 g/mol. The fourth-order valence-corrected chi connectivity index (χ4v) is 3.54. The van der Waals surface area contributed by atoms with E-state index in [1.165, 1.54) is 0 Å². The van der Waals surface area contributed by atoms with E-state index < -0.39 is 17.3 Å². The minimum Gasteiger partial charge on any atom is -0.388 e. The van der Waals surface area contributed by atoms with Gasteiger partial charge in [0.05, 0.1) is 24.7 Å². The molecule has 0 aromatic heterocycles. The summed E-state index contributed by atoms with van der Waals surface area (Å²) in [5.41, 5.74) is -0.427. The Morgan fingerprint density at radius 1 is 1.11 bits per heavy atom. The summed E-state index contributed by atoms with van der Waals surface area (Å²) in [5, 5.41) is 10.5. The van der Waals surface area contributed by atoms with E-state index >= 15 is 0 Å². The Kier molecular flexibility index (Phi) is 4.25. The van der Waals surface area contributed by atoms with E-state index in [0.717, 1.165) is 32.1 Å². The first-order valence-electron chi connectivity index (χ1n) is 6.90. The molecule has 2 fully saturated rings. The van der Waals surface area contributed by atoms with Crippen LogP contribution in [0.5, 0.6) is 0 Å². The zero-order chi connectivity index (χ0) is 13.1. The standard InChI is InChI=1S/C15H24O3/c1-3-8-14(13(16)4-2)9-6-5-7-10-15(14)17-11-12-18-15/h3-4,13,16H,1-2,5-12H2/t13-,14+/m0/s1. The van der Waals surface area contributed by atoms with Crippen LogP contribution in [0.1, 0.15) is 38.5 Å². The summed E-state index contributed by atoms with van der Waals surface area (Å²) in [6.45, 7) is 8.83. The lowest BCUT2D eigenvalue weighted by molar-refractivity contribution is -0.261. The highest BCUT2D eigenvalue weighted by Gasteiger charge is 2.58. The molecule has 102 valence electrons. The van der Waals surface area contributed by atoms with Crippen molar-refractivity contribution < 1.29 is 14.6 Å². The Bertz CT molecular complexity index is 307. The lowest BCUT2D eigenvalue weighted by Crippen LogP contribution is -2.54. The van der Waals surface area contributed by atoms with Gasteiger partial charge in [0, 0.05) is 6.42 Å². The van der Waals surface area contributed by atoms with Crippen LogP contribution in [0.25, 0.3) is 0 Å². The monoisotopic (exact) mass is 252 g/mol. The van der Waals surface area contributed by atoms with Crippen LogP contribution in [-0.4, -0.2) is 30.2 Å². The van der Waals surface area contributed by atoms with E-state index in [1.54, 1.807) is 6.08 Å². The van der Waals surface area contributed by atoms with Crippen molar-refractivity contribution in [2.75, 3.05) is 13.2 Å². The Labute approximate surface area is 109 Å².